The van der Waals surface area contributed by atoms with Crippen LogP contribution < -0.4 is 10.6 Å². The summed E-state index contributed by atoms with van der Waals surface area (Å²) >= 11 is 0. The van der Waals surface area contributed by atoms with Gasteiger partial charge < -0.3 is 15.4 Å². The number of carbonyl (C=O) groups is 1. The second kappa shape index (κ2) is 17.7. The number of benzene rings is 2. The van der Waals surface area contributed by atoms with Crippen LogP contribution in [-0.4, -0.2) is 29.9 Å². The molecule has 1 heterocycles. The fourth-order valence-corrected chi connectivity index (χ4v) is 3.83. The molecule has 1 aliphatic rings. The summed E-state index contributed by atoms with van der Waals surface area (Å²) in [4.78, 5) is 27.4. The highest BCUT2D eigenvalue weighted by Crippen LogP contribution is 2.27. The lowest BCUT2D eigenvalue weighted by Gasteiger charge is -2.10. The fourth-order valence-electron chi connectivity index (χ4n) is 3.83. The van der Waals surface area contributed by atoms with E-state index in [1.807, 2.05) is 30.5 Å². The largest absolute Gasteiger partial charge is 0.381 e. The summed E-state index contributed by atoms with van der Waals surface area (Å²) in [5, 5.41) is 17.1. The normalized spacial score (nSPS) is 15.1. The van der Waals surface area contributed by atoms with E-state index < -0.39 is 4.92 Å². The number of ether oxygens (including phenoxy) is 1. The molecule has 1 amide bonds. The molecule has 2 N–H and O–H groups in total. The summed E-state index contributed by atoms with van der Waals surface area (Å²) in [6.45, 7) is 16.8. The maximum atomic E-state index is 12.4. The molecule has 8 nitrogen and oxygen atoms in total. The van der Waals surface area contributed by atoms with Crippen molar-refractivity contribution in [2.24, 2.45) is 10.9 Å². The van der Waals surface area contributed by atoms with Crippen molar-refractivity contribution in [3.05, 3.63) is 98.8 Å². The van der Waals surface area contributed by atoms with E-state index in [0.717, 1.165) is 55.1 Å². The molecule has 0 bridgehead atoms. The SMILES string of the molecule is CC/C(C)=C/N=C1\NC(c2ccc(NC(=O)Cc3ccc([N+](=O)[O-])cc3)cc2)=C\C1=C(\C)C(C)C.CCCOCCC. The minimum atomic E-state index is -0.458. The summed E-state index contributed by atoms with van der Waals surface area (Å²) < 4.78 is 5.13. The quantitative estimate of drug-likeness (QED) is 0.151. The number of non-ortho nitro benzene ring substituents is 1. The van der Waals surface area contributed by atoms with Gasteiger partial charge in [0.05, 0.1) is 11.3 Å². The summed E-state index contributed by atoms with van der Waals surface area (Å²) in [6.07, 6.45) is 7.41. The van der Waals surface area contributed by atoms with Gasteiger partial charge in [0.15, 0.2) is 0 Å². The maximum Gasteiger partial charge on any atom is 0.269 e. The highest BCUT2D eigenvalue weighted by atomic mass is 16.6. The Kier molecular flexibility index (Phi) is 14.4. The number of hydrogen-bond donors (Lipinski definition) is 2. The predicted octanol–water partition coefficient (Wildman–Crippen LogP) is 8.23. The second-order valence-corrected chi connectivity index (χ2v) is 10.6. The number of hydrogen-bond acceptors (Lipinski definition) is 5. The topological polar surface area (TPSA) is 106 Å². The number of aliphatic imine (C=N–C) groups is 1. The third-order valence-corrected chi connectivity index (χ3v) is 6.75. The number of anilines is 1. The van der Waals surface area contributed by atoms with Crippen molar-refractivity contribution >= 4 is 28.8 Å². The first-order valence-corrected chi connectivity index (χ1v) is 14.7. The van der Waals surface area contributed by atoms with Crippen molar-refractivity contribution in [3.63, 3.8) is 0 Å². The zero-order valence-electron chi connectivity index (χ0n) is 26.1. The highest BCUT2D eigenvalue weighted by Gasteiger charge is 2.20. The Labute approximate surface area is 250 Å². The molecule has 0 spiro atoms. The van der Waals surface area contributed by atoms with Gasteiger partial charge in [-0.05, 0) is 68.4 Å². The van der Waals surface area contributed by atoms with Crippen LogP contribution in [0.15, 0.2) is 82.5 Å². The number of nitro groups is 1. The van der Waals surface area contributed by atoms with Crippen LogP contribution in [0, 0.1) is 16.0 Å². The first kappa shape index (κ1) is 34.2. The van der Waals surface area contributed by atoms with Crippen molar-refractivity contribution in [1.29, 1.82) is 0 Å². The van der Waals surface area contributed by atoms with Gasteiger partial charge in [-0.2, -0.15) is 0 Å². The van der Waals surface area contributed by atoms with Crippen LogP contribution in [0.4, 0.5) is 11.4 Å². The Morgan fingerprint density at radius 2 is 1.64 bits per heavy atom. The summed E-state index contributed by atoms with van der Waals surface area (Å²) in [5.41, 5.74) is 6.94. The van der Waals surface area contributed by atoms with Gasteiger partial charge in [-0.1, -0.05) is 70.0 Å². The number of amides is 1. The van der Waals surface area contributed by atoms with Gasteiger partial charge in [0.1, 0.15) is 5.84 Å². The average molecular weight is 575 g/mol. The zero-order chi connectivity index (χ0) is 31.1. The van der Waals surface area contributed by atoms with Crippen molar-refractivity contribution < 1.29 is 14.5 Å². The van der Waals surface area contributed by atoms with Crippen molar-refractivity contribution in [2.45, 2.75) is 74.1 Å². The van der Waals surface area contributed by atoms with E-state index in [2.05, 4.69) is 65.2 Å². The minimum absolute atomic E-state index is 0.00545. The average Bonchev–Trinajstić information content (AvgIpc) is 3.40. The van der Waals surface area contributed by atoms with Crippen molar-refractivity contribution in [1.82, 2.24) is 5.32 Å². The van der Waals surface area contributed by atoms with Crippen LogP contribution in [0.3, 0.4) is 0 Å². The van der Waals surface area contributed by atoms with Gasteiger partial charge in [0.2, 0.25) is 5.91 Å². The van der Waals surface area contributed by atoms with E-state index in [-0.39, 0.29) is 18.0 Å². The highest BCUT2D eigenvalue weighted by molar-refractivity contribution is 6.12. The summed E-state index contributed by atoms with van der Waals surface area (Å²) in [5.74, 6) is 1.06. The summed E-state index contributed by atoms with van der Waals surface area (Å²) in [6, 6.07) is 13.6. The maximum absolute atomic E-state index is 12.4. The van der Waals surface area contributed by atoms with Crippen LogP contribution in [0.5, 0.6) is 0 Å². The first-order chi connectivity index (χ1) is 20.1. The molecular formula is C34H46N4O4. The monoisotopic (exact) mass is 574 g/mol. The van der Waals surface area contributed by atoms with E-state index in [0.29, 0.717) is 17.2 Å². The molecule has 0 saturated heterocycles. The molecule has 2 aromatic carbocycles. The first-order valence-electron chi connectivity index (χ1n) is 14.7. The van der Waals surface area contributed by atoms with Gasteiger partial charge in [-0.3, -0.25) is 14.9 Å². The lowest BCUT2D eigenvalue weighted by atomic mass is 9.98. The Morgan fingerprint density at radius 1 is 1.02 bits per heavy atom. The molecule has 0 saturated carbocycles. The molecule has 0 atom stereocenters. The van der Waals surface area contributed by atoms with Crippen molar-refractivity contribution in [2.75, 3.05) is 18.5 Å². The second-order valence-electron chi connectivity index (χ2n) is 10.6. The zero-order valence-corrected chi connectivity index (χ0v) is 26.1. The van der Waals surface area contributed by atoms with Gasteiger partial charge in [0.25, 0.3) is 5.69 Å². The molecule has 0 fully saturated rings. The van der Waals surface area contributed by atoms with E-state index in [4.69, 9.17) is 9.73 Å². The third-order valence-electron chi connectivity index (χ3n) is 6.75. The molecule has 42 heavy (non-hydrogen) atoms. The number of allylic oxidation sites excluding steroid dienone is 2. The smallest absolute Gasteiger partial charge is 0.269 e. The number of amidine groups is 1. The van der Waals surface area contributed by atoms with Gasteiger partial charge in [-0.15, -0.1) is 0 Å². The Morgan fingerprint density at radius 3 is 2.17 bits per heavy atom. The van der Waals surface area contributed by atoms with Crippen LogP contribution >= 0.6 is 0 Å². The fraction of sp³-hybridized carbons (Fsp3) is 0.412. The predicted molar refractivity (Wildman–Crippen MR) is 173 cm³/mol. The molecule has 3 rings (SSSR count). The minimum Gasteiger partial charge on any atom is -0.381 e. The molecule has 0 aliphatic carbocycles. The molecule has 0 radical (unpaired) electrons. The van der Waals surface area contributed by atoms with E-state index in [1.165, 1.54) is 23.3 Å². The Balaban J connectivity index is 0.000000782. The molecule has 8 heteroatoms. The molecule has 226 valence electrons. The number of carbonyl (C=O) groups excluding carboxylic acids is 1. The molecule has 0 unspecified atom stereocenters. The van der Waals surface area contributed by atoms with Crippen molar-refractivity contribution in [3.8, 4) is 0 Å². The molecule has 2 aromatic rings. The van der Waals surface area contributed by atoms with Crippen LogP contribution in [0.1, 0.15) is 78.9 Å². The number of rotatable bonds is 12. The lowest BCUT2D eigenvalue weighted by molar-refractivity contribution is -0.384. The number of nitrogens with zero attached hydrogens (tertiary/aromatic N) is 2. The van der Waals surface area contributed by atoms with E-state index in [1.54, 1.807) is 12.1 Å². The van der Waals surface area contributed by atoms with E-state index >= 15 is 0 Å². The molecule has 0 aromatic heterocycles. The number of nitrogens with one attached hydrogen (secondary N) is 2. The summed E-state index contributed by atoms with van der Waals surface area (Å²) in [7, 11) is 0. The number of nitro benzene ring substituents is 1. The van der Waals surface area contributed by atoms with Gasteiger partial charge in [-0.25, -0.2) is 4.99 Å². The third kappa shape index (κ3) is 11.1. The van der Waals surface area contributed by atoms with E-state index in [9.17, 15) is 14.9 Å². The Hall–Kier alpha value is -4.04. The molecule has 1 aliphatic heterocycles. The van der Waals surface area contributed by atoms with Gasteiger partial charge >= 0.3 is 0 Å². The van der Waals surface area contributed by atoms with Gasteiger partial charge in [0, 0.05) is 48.5 Å². The van der Waals surface area contributed by atoms with Crippen LogP contribution in [0.25, 0.3) is 5.70 Å². The lowest BCUT2D eigenvalue weighted by Crippen LogP contribution is -2.18. The molecular weight excluding hydrogens is 528 g/mol. The van der Waals surface area contributed by atoms with Crippen LogP contribution in [-0.2, 0) is 16.0 Å². The van der Waals surface area contributed by atoms with Crippen LogP contribution in [0.2, 0.25) is 0 Å². The Bertz CT molecular complexity index is 1300. The standard InChI is InChI=1S/C28H32N4O3.C6H14O/c1-6-19(4)17-29-28-25(20(5)18(2)3)16-26(31-28)22-9-11-23(12-10-22)30-27(33)15-21-7-13-24(14-8-21)32(34)35;1-3-5-7-6-4-2/h7-14,16-18H,6,15H2,1-5H3,(H,29,31)(H,30,33);3-6H2,1-2H3/b19-17+,25-20+;.